The molecule has 1 N–H and O–H groups in total. The van der Waals surface area contributed by atoms with Crippen molar-refractivity contribution in [1.29, 1.82) is 5.26 Å². The molecule has 0 atom stereocenters. The molecule has 3 rings (SSSR count). The van der Waals surface area contributed by atoms with Gasteiger partial charge in [-0.05, 0) is 55.7 Å². The molecular formula is C26H30N2O4. The lowest BCUT2D eigenvalue weighted by Crippen LogP contribution is -2.36. The molecule has 6 heteroatoms. The van der Waals surface area contributed by atoms with Crippen LogP contribution in [0.4, 0.5) is 0 Å². The average molecular weight is 435 g/mol. The highest BCUT2D eigenvalue weighted by atomic mass is 16.5. The maximum atomic E-state index is 12.5. The summed E-state index contributed by atoms with van der Waals surface area (Å²) < 4.78 is 17.2. The number of ether oxygens (including phenoxy) is 3. The molecule has 32 heavy (non-hydrogen) atoms. The van der Waals surface area contributed by atoms with Crippen molar-refractivity contribution in [2.24, 2.45) is 0 Å². The molecule has 0 spiro atoms. The van der Waals surface area contributed by atoms with E-state index in [4.69, 9.17) is 14.2 Å². The molecule has 1 amide bonds. The molecule has 0 aliphatic heterocycles. The largest absolute Gasteiger partial charge is 0.490 e. The minimum atomic E-state index is -0.323. The Kier molecular flexibility index (Phi) is 9.00. The summed E-state index contributed by atoms with van der Waals surface area (Å²) in [6.45, 7) is 3.12. The maximum Gasteiger partial charge on any atom is 0.262 e. The van der Waals surface area contributed by atoms with Crippen LogP contribution in [0.1, 0.15) is 44.6 Å². The third-order valence-electron chi connectivity index (χ3n) is 5.24. The van der Waals surface area contributed by atoms with Crippen LogP contribution in [0, 0.1) is 11.3 Å². The number of amides is 1. The van der Waals surface area contributed by atoms with E-state index in [2.05, 4.69) is 5.32 Å². The predicted molar refractivity (Wildman–Crippen MR) is 124 cm³/mol. The summed E-state index contributed by atoms with van der Waals surface area (Å²) in [6, 6.07) is 17.1. The van der Waals surface area contributed by atoms with Crippen molar-refractivity contribution in [1.82, 2.24) is 5.32 Å². The number of carbonyl (C=O) groups excluding carboxylic acids is 1. The Morgan fingerprint density at radius 1 is 1.03 bits per heavy atom. The number of nitrogens with one attached hydrogen (secondary N) is 1. The van der Waals surface area contributed by atoms with Crippen molar-refractivity contribution >= 4 is 12.0 Å². The van der Waals surface area contributed by atoms with Gasteiger partial charge in [-0.25, -0.2) is 0 Å². The lowest BCUT2D eigenvalue weighted by Gasteiger charge is -2.22. The highest BCUT2D eigenvalue weighted by Crippen LogP contribution is 2.29. The van der Waals surface area contributed by atoms with Crippen LogP contribution in [0.2, 0.25) is 0 Å². The molecule has 1 fully saturated rings. The van der Waals surface area contributed by atoms with Crippen molar-refractivity contribution < 1.29 is 19.0 Å². The summed E-state index contributed by atoms with van der Waals surface area (Å²) in [7, 11) is 0. The van der Waals surface area contributed by atoms with Crippen LogP contribution in [-0.2, 0) is 4.79 Å². The van der Waals surface area contributed by atoms with Gasteiger partial charge in [0, 0.05) is 6.04 Å². The number of nitriles is 1. The molecule has 1 aliphatic rings. The van der Waals surface area contributed by atoms with Gasteiger partial charge in [-0.15, -0.1) is 0 Å². The highest BCUT2D eigenvalue weighted by molar-refractivity contribution is 6.01. The van der Waals surface area contributed by atoms with Gasteiger partial charge in [0.15, 0.2) is 11.5 Å². The monoisotopic (exact) mass is 434 g/mol. The number of para-hydroxylation sites is 1. The Morgan fingerprint density at radius 2 is 1.78 bits per heavy atom. The Labute approximate surface area is 189 Å². The zero-order chi connectivity index (χ0) is 22.6. The standard InChI is InChI=1S/C26H30N2O4/c1-2-30-25-18-20(17-21(19-27)26(29)28-22-9-5-3-6-10-22)13-14-24(25)32-16-15-31-23-11-7-4-8-12-23/h4,7-8,11-14,17-18,22H,2-3,5-6,9-10,15-16H2,1H3,(H,28,29)/b21-17+. The van der Waals surface area contributed by atoms with Crippen molar-refractivity contribution in [3.8, 4) is 23.3 Å². The minimum Gasteiger partial charge on any atom is -0.490 e. The van der Waals surface area contributed by atoms with E-state index >= 15 is 0 Å². The van der Waals surface area contributed by atoms with Crippen LogP contribution >= 0.6 is 0 Å². The first kappa shape index (κ1) is 23.2. The number of carbonyl (C=O) groups is 1. The van der Waals surface area contributed by atoms with E-state index < -0.39 is 0 Å². The van der Waals surface area contributed by atoms with Crippen LogP contribution in [0.3, 0.4) is 0 Å². The molecule has 0 bridgehead atoms. The fourth-order valence-corrected chi connectivity index (χ4v) is 3.66. The molecule has 1 aliphatic carbocycles. The van der Waals surface area contributed by atoms with Crippen LogP contribution in [-0.4, -0.2) is 31.8 Å². The molecule has 0 aromatic heterocycles. The first-order chi connectivity index (χ1) is 15.7. The third-order valence-corrected chi connectivity index (χ3v) is 5.24. The van der Waals surface area contributed by atoms with E-state index in [9.17, 15) is 10.1 Å². The van der Waals surface area contributed by atoms with E-state index in [0.29, 0.717) is 36.9 Å². The number of hydrogen-bond donors (Lipinski definition) is 1. The second-order valence-corrected chi connectivity index (χ2v) is 7.63. The van der Waals surface area contributed by atoms with Gasteiger partial charge in [0.05, 0.1) is 6.61 Å². The van der Waals surface area contributed by atoms with Gasteiger partial charge in [0.1, 0.15) is 30.6 Å². The molecule has 0 saturated heterocycles. The normalized spacial score (nSPS) is 14.3. The molecule has 2 aromatic carbocycles. The van der Waals surface area contributed by atoms with Gasteiger partial charge >= 0.3 is 0 Å². The van der Waals surface area contributed by atoms with Gasteiger partial charge in [-0.1, -0.05) is 43.5 Å². The van der Waals surface area contributed by atoms with Crippen molar-refractivity contribution in [2.75, 3.05) is 19.8 Å². The summed E-state index contributed by atoms with van der Waals surface area (Å²) >= 11 is 0. The van der Waals surface area contributed by atoms with E-state index in [1.165, 1.54) is 6.42 Å². The number of benzene rings is 2. The van der Waals surface area contributed by atoms with E-state index in [-0.39, 0.29) is 17.5 Å². The van der Waals surface area contributed by atoms with Crippen LogP contribution in [0.5, 0.6) is 17.2 Å². The second-order valence-electron chi connectivity index (χ2n) is 7.63. The van der Waals surface area contributed by atoms with Gasteiger partial charge < -0.3 is 19.5 Å². The molecular weight excluding hydrogens is 404 g/mol. The third kappa shape index (κ3) is 7.05. The van der Waals surface area contributed by atoms with Gasteiger partial charge in [0.2, 0.25) is 0 Å². The highest BCUT2D eigenvalue weighted by Gasteiger charge is 2.18. The number of nitrogens with zero attached hydrogens (tertiary/aromatic N) is 1. The van der Waals surface area contributed by atoms with Gasteiger partial charge in [-0.3, -0.25) is 4.79 Å². The van der Waals surface area contributed by atoms with Crippen molar-refractivity contribution in [2.45, 2.75) is 45.1 Å². The number of rotatable bonds is 10. The van der Waals surface area contributed by atoms with Crippen molar-refractivity contribution in [3.05, 3.63) is 59.7 Å². The summed E-state index contributed by atoms with van der Waals surface area (Å²) in [5, 5.41) is 12.5. The Balaban J connectivity index is 1.62. The van der Waals surface area contributed by atoms with E-state index in [0.717, 1.165) is 31.4 Å². The summed E-state index contributed by atoms with van der Waals surface area (Å²) in [5.41, 5.74) is 0.791. The number of hydrogen-bond acceptors (Lipinski definition) is 5. The Morgan fingerprint density at radius 3 is 2.50 bits per heavy atom. The average Bonchev–Trinajstić information content (AvgIpc) is 2.82. The molecule has 168 valence electrons. The van der Waals surface area contributed by atoms with E-state index in [1.807, 2.05) is 43.3 Å². The Hall–Kier alpha value is -3.46. The fraction of sp³-hybridized carbons (Fsp3) is 0.385. The smallest absolute Gasteiger partial charge is 0.262 e. The topological polar surface area (TPSA) is 80.6 Å². The Bertz CT molecular complexity index is 944. The first-order valence-electron chi connectivity index (χ1n) is 11.2. The molecule has 0 heterocycles. The maximum absolute atomic E-state index is 12.5. The molecule has 1 saturated carbocycles. The summed E-state index contributed by atoms with van der Waals surface area (Å²) in [6.07, 6.45) is 6.97. The van der Waals surface area contributed by atoms with E-state index in [1.54, 1.807) is 24.3 Å². The quantitative estimate of drug-likeness (QED) is 0.327. The zero-order valence-corrected chi connectivity index (χ0v) is 18.5. The van der Waals surface area contributed by atoms with Crippen molar-refractivity contribution in [3.63, 3.8) is 0 Å². The molecule has 2 aromatic rings. The minimum absolute atomic E-state index is 0.0861. The van der Waals surface area contributed by atoms with Crippen LogP contribution in [0.15, 0.2) is 54.1 Å². The summed E-state index contributed by atoms with van der Waals surface area (Å²) in [5.74, 6) is 1.62. The van der Waals surface area contributed by atoms with Gasteiger partial charge in [-0.2, -0.15) is 5.26 Å². The van der Waals surface area contributed by atoms with Gasteiger partial charge in [0.25, 0.3) is 5.91 Å². The lowest BCUT2D eigenvalue weighted by molar-refractivity contribution is -0.117. The SMILES string of the molecule is CCOc1cc(/C=C(\C#N)C(=O)NC2CCCCC2)ccc1OCCOc1ccccc1. The van der Waals surface area contributed by atoms with Crippen LogP contribution < -0.4 is 19.5 Å². The molecule has 6 nitrogen and oxygen atoms in total. The lowest BCUT2D eigenvalue weighted by atomic mass is 9.95. The molecule has 0 unspecified atom stereocenters. The van der Waals surface area contributed by atoms with Crippen LogP contribution in [0.25, 0.3) is 6.08 Å². The first-order valence-corrected chi connectivity index (χ1v) is 11.2. The molecule has 0 radical (unpaired) electrons. The second kappa shape index (κ2) is 12.4. The predicted octanol–water partition coefficient (Wildman–Crippen LogP) is 4.90. The zero-order valence-electron chi connectivity index (χ0n) is 18.5. The fourth-order valence-electron chi connectivity index (χ4n) is 3.66. The summed E-state index contributed by atoms with van der Waals surface area (Å²) in [4.78, 5) is 12.5.